The maximum Gasteiger partial charge on any atom is 0.127 e. The normalized spacial score (nSPS) is 10.2. The van der Waals surface area contributed by atoms with Gasteiger partial charge in [0.2, 0.25) is 0 Å². The van der Waals surface area contributed by atoms with Crippen LogP contribution >= 0.6 is 0 Å². The van der Waals surface area contributed by atoms with E-state index in [4.69, 9.17) is 4.74 Å². The van der Waals surface area contributed by atoms with Gasteiger partial charge in [0.25, 0.3) is 0 Å². The lowest BCUT2D eigenvalue weighted by molar-refractivity contribution is 0.431. The number of ether oxygens (including phenoxy) is 1. The van der Waals surface area contributed by atoms with E-state index in [1.165, 1.54) is 0 Å². The standard InChI is InChI=1S/C11H11NO/c1-8(2)13-10-3-4-11-9(7-10)5-6-12-11/h3-7,12H,1H2,2H3. The summed E-state index contributed by atoms with van der Waals surface area (Å²) < 4.78 is 5.38. The summed E-state index contributed by atoms with van der Waals surface area (Å²) in [5, 5.41) is 1.15. The van der Waals surface area contributed by atoms with Crippen LogP contribution in [0, 0.1) is 0 Å². The van der Waals surface area contributed by atoms with Crippen molar-refractivity contribution in [1.82, 2.24) is 4.98 Å². The molecule has 13 heavy (non-hydrogen) atoms. The van der Waals surface area contributed by atoms with E-state index in [9.17, 15) is 0 Å². The molecule has 0 unspecified atom stereocenters. The summed E-state index contributed by atoms with van der Waals surface area (Å²) in [4.78, 5) is 3.12. The van der Waals surface area contributed by atoms with Gasteiger partial charge in [0.15, 0.2) is 0 Å². The maximum atomic E-state index is 5.38. The molecule has 0 radical (unpaired) electrons. The molecule has 0 aliphatic carbocycles. The zero-order chi connectivity index (χ0) is 9.26. The van der Waals surface area contributed by atoms with Crippen molar-refractivity contribution in [3.63, 3.8) is 0 Å². The first-order valence-corrected chi connectivity index (χ1v) is 4.16. The second-order valence-electron chi connectivity index (χ2n) is 3.03. The minimum Gasteiger partial charge on any atom is -0.463 e. The minimum atomic E-state index is 0.704. The topological polar surface area (TPSA) is 25.0 Å². The Labute approximate surface area is 76.8 Å². The van der Waals surface area contributed by atoms with Crippen molar-refractivity contribution in [3.05, 3.63) is 42.8 Å². The summed E-state index contributed by atoms with van der Waals surface area (Å²) in [6.45, 7) is 5.52. The smallest absolute Gasteiger partial charge is 0.127 e. The number of H-pyrrole nitrogens is 1. The minimum absolute atomic E-state index is 0.704. The summed E-state index contributed by atoms with van der Waals surface area (Å²) in [5.74, 6) is 1.54. The molecule has 2 heteroatoms. The molecule has 0 aliphatic heterocycles. The molecular formula is C11H11NO. The number of benzene rings is 1. The predicted octanol–water partition coefficient (Wildman–Crippen LogP) is 3.08. The Morgan fingerprint density at radius 1 is 1.38 bits per heavy atom. The van der Waals surface area contributed by atoms with Crippen LogP contribution in [0.3, 0.4) is 0 Å². The van der Waals surface area contributed by atoms with E-state index in [-0.39, 0.29) is 0 Å². The van der Waals surface area contributed by atoms with Crippen molar-refractivity contribution in [2.45, 2.75) is 6.92 Å². The van der Waals surface area contributed by atoms with Crippen molar-refractivity contribution in [2.75, 3.05) is 0 Å². The molecule has 2 aromatic rings. The van der Waals surface area contributed by atoms with Gasteiger partial charge < -0.3 is 9.72 Å². The SMILES string of the molecule is C=C(C)Oc1ccc2[nH]ccc2c1. The lowest BCUT2D eigenvalue weighted by Gasteiger charge is -2.03. The van der Waals surface area contributed by atoms with Crippen LogP contribution in [0.25, 0.3) is 10.9 Å². The van der Waals surface area contributed by atoms with Crippen molar-refractivity contribution in [3.8, 4) is 5.75 Å². The first-order chi connectivity index (χ1) is 6.25. The van der Waals surface area contributed by atoms with Gasteiger partial charge >= 0.3 is 0 Å². The Morgan fingerprint density at radius 2 is 2.23 bits per heavy atom. The third-order valence-corrected chi connectivity index (χ3v) is 1.82. The summed E-state index contributed by atoms with van der Waals surface area (Å²) in [6.07, 6.45) is 1.91. The molecule has 2 nitrogen and oxygen atoms in total. The van der Waals surface area contributed by atoms with E-state index in [1.54, 1.807) is 0 Å². The van der Waals surface area contributed by atoms with Crippen LogP contribution in [-0.4, -0.2) is 4.98 Å². The molecule has 0 spiro atoms. The molecule has 2 rings (SSSR count). The molecule has 0 bridgehead atoms. The van der Waals surface area contributed by atoms with E-state index in [0.717, 1.165) is 16.7 Å². The second-order valence-corrected chi connectivity index (χ2v) is 3.03. The first kappa shape index (κ1) is 7.92. The van der Waals surface area contributed by atoms with Crippen LogP contribution in [0.1, 0.15) is 6.92 Å². The first-order valence-electron chi connectivity index (χ1n) is 4.16. The molecule has 1 heterocycles. The third kappa shape index (κ3) is 1.56. The highest BCUT2D eigenvalue weighted by Gasteiger charge is 1.97. The fourth-order valence-electron chi connectivity index (χ4n) is 1.30. The van der Waals surface area contributed by atoms with Gasteiger partial charge in [-0.25, -0.2) is 0 Å². The van der Waals surface area contributed by atoms with Gasteiger partial charge in [-0.05, 0) is 31.2 Å². The lowest BCUT2D eigenvalue weighted by Crippen LogP contribution is -1.87. The number of hydrogen-bond acceptors (Lipinski definition) is 1. The fraction of sp³-hybridized carbons (Fsp3) is 0.0909. The number of allylic oxidation sites excluding steroid dienone is 1. The molecule has 0 atom stereocenters. The highest BCUT2D eigenvalue weighted by Crippen LogP contribution is 2.20. The van der Waals surface area contributed by atoms with Gasteiger partial charge in [-0.1, -0.05) is 6.58 Å². The molecule has 0 amide bonds. The number of hydrogen-bond donors (Lipinski definition) is 1. The van der Waals surface area contributed by atoms with Gasteiger partial charge in [0.05, 0.1) is 5.76 Å². The monoisotopic (exact) mass is 173 g/mol. The van der Waals surface area contributed by atoms with Gasteiger partial charge in [0, 0.05) is 17.1 Å². The van der Waals surface area contributed by atoms with Crippen LogP contribution in [0.15, 0.2) is 42.8 Å². The Kier molecular flexibility index (Phi) is 1.81. The molecule has 0 saturated carbocycles. The molecule has 0 aliphatic rings. The molecule has 1 aromatic heterocycles. The highest BCUT2D eigenvalue weighted by molar-refractivity contribution is 5.80. The van der Waals surface area contributed by atoms with Crippen LogP contribution in [0.5, 0.6) is 5.75 Å². The summed E-state index contributed by atoms with van der Waals surface area (Å²) in [7, 11) is 0. The van der Waals surface area contributed by atoms with Crippen molar-refractivity contribution in [2.24, 2.45) is 0 Å². The molecule has 66 valence electrons. The molecular weight excluding hydrogens is 162 g/mol. The van der Waals surface area contributed by atoms with Crippen LogP contribution in [-0.2, 0) is 0 Å². The zero-order valence-corrected chi connectivity index (χ0v) is 7.50. The Hall–Kier alpha value is -1.70. The number of rotatable bonds is 2. The summed E-state index contributed by atoms with van der Waals surface area (Å²) in [6, 6.07) is 7.92. The third-order valence-electron chi connectivity index (χ3n) is 1.82. The van der Waals surface area contributed by atoms with Crippen LogP contribution in [0.2, 0.25) is 0 Å². The molecule has 0 saturated heterocycles. The number of aromatic nitrogens is 1. The summed E-state index contributed by atoms with van der Waals surface area (Å²) in [5.41, 5.74) is 1.12. The van der Waals surface area contributed by atoms with E-state index >= 15 is 0 Å². The van der Waals surface area contributed by atoms with Gasteiger partial charge in [0.1, 0.15) is 5.75 Å². The van der Waals surface area contributed by atoms with E-state index in [2.05, 4.69) is 11.6 Å². The van der Waals surface area contributed by atoms with Crippen molar-refractivity contribution < 1.29 is 4.74 Å². The molecule has 0 fully saturated rings. The van der Waals surface area contributed by atoms with Crippen molar-refractivity contribution in [1.29, 1.82) is 0 Å². The number of nitrogens with one attached hydrogen (secondary N) is 1. The molecule has 1 aromatic carbocycles. The van der Waals surface area contributed by atoms with Crippen LogP contribution in [0.4, 0.5) is 0 Å². The van der Waals surface area contributed by atoms with Gasteiger partial charge in [-0.3, -0.25) is 0 Å². The Bertz CT molecular complexity index is 442. The second kappa shape index (κ2) is 2.98. The number of aromatic amines is 1. The lowest BCUT2D eigenvalue weighted by atomic mass is 10.2. The zero-order valence-electron chi connectivity index (χ0n) is 7.50. The van der Waals surface area contributed by atoms with Crippen molar-refractivity contribution >= 4 is 10.9 Å². The van der Waals surface area contributed by atoms with Gasteiger partial charge in [-0.15, -0.1) is 0 Å². The Morgan fingerprint density at radius 3 is 3.00 bits per heavy atom. The van der Waals surface area contributed by atoms with Gasteiger partial charge in [-0.2, -0.15) is 0 Å². The predicted molar refractivity (Wildman–Crippen MR) is 53.7 cm³/mol. The average molecular weight is 173 g/mol. The average Bonchev–Trinajstić information content (AvgIpc) is 2.49. The van der Waals surface area contributed by atoms with Crippen LogP contribution < -0.4 is 4.74 Å². The van der Waals surface area contributed by atoms with E-state index in [0.29, 0.717) is 5.76 Å². The van der Waals surface area contributed by atoms with E-state index in [1.807, 2.05) is 37.4 Å². The maximum absolute atomic E-state index is 5.38. The largest absolute Gasteiger partial charge is 0.463 e. The van der Waals surface area contributed by atoms with E-state index < -0.39 is 0 Å². The summed E-state index contributed by atoms with van der Waals surface area (Å²) >= 11 is 0. The number of fused-ring (bicyclic) bond motifs is 1. The molecule has 1 N–H and O–H groups in total. The highest BCUT2D eigenvalue weighted by atomic mass is 16.5. The fourth-order valence-corrected chi connectivity index (χ4v) is 1.30. The Balaban J connectivity index is 2.42. The quantitative estimate of drug-likeness (QED) is 0.693.